The number of benzene rings is 1. The molecule has 1 aliphatic heterocycles. The molecule has 0 bridgehead atoms. The van der Waals surface area contributed by atoms with Crippen molar-refractivity contribution >= 4 is 11.6 Å². The molecule has 1 saturated heterocycles. The number of anilines is 1. The monoisotopic (exact) mass is 232 g/mol. The Morgan fingerprint density at radius 1 is 1.41 bits per heavy atom. The van der Waals surface area contributed by atoms with E-state index in [0.717, 1.165) is 37.3 Å². The molecule has 1 fully saturated rings. The summed E-state index contributed by atoms with van der Waals surface area (Å²) in [4.78, 5) is 14.1. The van der Waals surface area contributed by atoms with E-state index in [1.807, 2.05) is 29.2 Å². The van der Waals surface area contributed by atoms with Gasteiger partial charge in [0.2, 0.25) is 0 Å². The summed E-state index contributed by atoms with van der Waals surface area (Å²) in [6.07, 6.45) is 1.13. The van der Waals surface area contributed by atoms with Crippen LogP contribution >= 0.6 is 0 Å². The van der Waals surface area contributed by atoms with E-state index in [4.69, 9.17) is 0 Å². The van der Waals surface area contributed by atoms with Crippen molar-refractivity contribution in [1.82, 2.24) is 4.90 Å². The first kappa shape index (κ1) is 12.0. The summed E-state index contributed by atoms with van der Waals surface area (Å²) in [5, 5.41) is 3.23. The normalized spacial score (nSPS) is 19.4. The fourth-order valence-corrected chi connectivity index (χ4v) is 2.24. The Morgan fingerprint density at radius 2 is 2.12 bits per heavy atom. The lowest BCUT2D eigenvalue weighted by atomic mass is 10.1. The van der Waals surface area contributed by atoms with Gasteiger partial charge in [0.1, 0.15) is 0 Å². The van der Waals surface area contributed by atoms with Crippen LogP contribution in [0.5, 0.6) is 0 Å². The van der Waals surface area contributed by atoms with E-state index in [-0.39, 0.29) is 5.91 Å². The molecule has 92 valence electrons. The minimum absolute atomic E-state index is 0.164. The predicted octanol–water partition coefficient (Wildman–Crippen LogP) is 2.60. The van der Waals surface area contributed by atoms with Crippen molar-refractivity contribution in [3.8, 4) is 0 Å². The first-order chi connectivity index (χ1) is 8.20. The lowest BCUT2D eigenvalue weighted by molar-refractivity contribution is 0.0788. The molecular formula is C14H20N2O. The van der Waals surface area contributed by atoms with Gasteiger partial charge in [0.25, 0.3) is 5.91 Å². The van der Waals surface area contributed by atoms with Crippen molar-refractivity contribution in [2.75, 3.05) is 25.0 Å². The molecule has 1 heterocycles. The average Bonchev–Trinajstić information content (AvgIpc) is 2.76. The predicted molar refractivity (Wildman–Crippen MR) is 70.3 cm³/mol. The number of hydrogen-bond acceptors (Lipinski definition) is 2. The summed E-state index contributed by atoms with van der Waals surface area (Å²) in [6, 6.07) is 7.75. The second-order valence-electron chi connectivity index (χ2n) is 4.75. The van der Waals surface area contributed by atoms with Gasteiger partial charge in [-0.15, -0.1) is 0 Å². The topological polar surface area (TPSA) is 32.3 Å². The Labute approximate surface area is 103 Å². The molecular weight excluding hydrogens is 212 g/mol. The van der Waals surface area contributed by atoms with Crippen LogP contribution < -0.4 is 5.32 Å². The minimum Gasteiger partial charge on any atom is -0.385 e. The van der Waals surface area contributed by atoms with E-state index in [9.17, 15) is 4.79 Å². The second kappa shape index (κ2) is 5.21. The van der Waals surface area contributed by atoms with E-state index in [0.29, 0.717) is 5.92 Å². The van der Waals surface area contributed by atoms with Crippen LogP contribution in [0, 0.1) is 5.92 Å². The van der Waals surface area contributed by atoms with Gasteiger partial charge in [-0.05, 0) is 43.5 Å². The van der Waals surface area contributed by atoms with Gasteiger partial charge in [0.15, 0.2) is 0 Å². The molecule has 0 radical (unpaired) electrons. The van der Waals surface area contributed by atoms with Crippen molar-refractivity contribution in [1.29, 1.82) is 0 Å². The average molecular weight is 232 g/mol. The first-order valence-electron chi connectivity index (χ1n) is 6.34. The largest absolute Gasteiger partial charge is 0.385 e. The van der Waals surface area contributed by atoms with Crippen molar-refractivity contribution < 1.29 is 4.79 Å². The maximum atomic E-state index is 12.2. The van der Waals surface area contributed by atoms with Gasteiger partial charge in [-0.2, -0.15) is 0 Å². The molecule has 1 aromatic carbocycles. The molecule has 1 atom stereocenters. The van der Waals surface area contributed by atoms with Crippen LogP contribution in [0.1, 0.15) is 30.6 Å². The molecule has 17 heavy (non-hydrogen) atoms. The number of likely N-dealkylation sites (tertiary alicyclic amines) is 1. The number of amides is 1. The molecule has 0 spiro atoms. The Hall–Kier alpha value is -1.51. The summed E-state index contributed by atoms with van der Waals surface area (Å²) < 4.78 is 0. The molecule has 0 saturated carbocycles. The Balaban J connectivity index is 2.04. The van der Waals surface area contributed by atoms with E-state index in [1.165, 1.54) is 0 Å². The third-order valence-electron chi connectivity index (χ3n) is 3.22. The van der Waals surface area contributed by atoms with Crippen molar-refractivity contribution in [2.24, 2.45) is 5.92 Å². The highest BCUT2D eigenvalue weighted by molar-refractivity contribution is 5.94. The van der Waals surface area contributed by atoms with Crippen LogP contribution in [-0.2, 0) is 0 Å². The summed E-state index contributed by atoms with van der Waals surface area (Å²) in [7, 11) is 0. The van der Waals surface area contributed by atoms with Gasteiger partial charge in [-0.25, -0.2) is 0 Å². The number of carbonyl (C=O) groups excluding carboxylic acids is 1. The third kappa shape index (κ3) is 2.78. The van der Waals surface area contributed by atoms with E-state index < -0.39 is 0 Å². The van der Waals surface area contributed by atoms with Crippen molar-refractivity contribution in [3.05, 3.63) is 29.8 Å². The smallest absolute Gasteiger partial charge is 0.253 e. The highest BCUT2D eigenvalue weighted by atomic mass is 16.2. The number of nitrogens with one attached hydrogen (secondary N) is 1. The number of nitrogens with zero attached hydrogens (tertiary/aromatic N) is 1. The summed E-state index contributed by atoms with van der Waals surface area (Å²) in [6.45, 7) is 6.95. The number of rotatable bonds is 3. The maximum absolute atomic E-state index is 12.2. The summed E-state index contributed by atoms with van der Waals surface area (Å²) in [5.41, 5.74) is 1.86. The van der Waals surface area contributed by atoms with E-state index >= 15 is 0 Å². The van der Waals surface area contributed by atoms with Gasteiger partial charge in [0, 0.05) is 30.9 Å². The standard InChI is InChI=1S/C14H20N2O/c1-3-15-13-6-4-12(5-7-13)14(17)16-9-8-11(2)10-16/h4-7,11,15H,3,8-10H2,1-2H3. The van der Waals surface area contributed by atoms with Crippen LogP contribution in [0.4, 0.5) is 5.69 Å². The molecule has 0 aromatic heterocycles. The Kier molecular flexibility index (Phi) is 3.67. The molecule has 0 aliphatic carbocycles. The van der Waals surface area contributed by atoms with Crippen LogP contribution in [0.25, 0.3) is 0 Å². The number of carbonyl (C=O) groups is 1. The van der Waals surface area contributed by atoms with Gasteiger partial charge < -0.3 is 10.2 Å². The minimum atomic E-state index is 0.164. The Morgan fingerprint density at radius 3 is 2.65 bits per heavy atom. The van der Waals surface area contributed by atoms with E-state index in [1.54, 1.807) is 0 Å². The maximum Gasteiger partial charge on any atom is 0.253 e. The van der Waals surface area contributed by atoms with Gasteiger partial charge in [-0.1, -0.05) is 6.92 Å². The molecule has 3 heteroatoms. The zero-order valence-electron chi connectivity index (χ0n) is 10.6. The molecule has 1 aliphatic rings. The lowest BCUT2D eigenvalue weighted by Crippen LogP contribution is -2.28. The highest BCUT2D eigenvalue weighted by Gasteiger charge is 2.23. The van der Waals surface area contributed by atoms with Crippen molar-refractivity contribution in [3.63, 3.8) is 0 Å². The molecule has 1 unspecified atom stereocenters. The highest BCUT2D eigenvalue weighted by Crippen LogP contribution is 2.18. The SMILES string of the molecule is CCNc1ccc(C(=O)N2CCC(C)C2)cc1. The molecule has 1 aromatic rings. The first-order valence-corrected chi connectivity index (χ1v) is 6.34. The third-order valence-corrected chi connectivity index (χ3v) is 3.22. The fourth-order valence-electron chi connectivity index (χ4n) is 2.24. The van der Waals surface area contributed by atoms with Crippen LogP contribution in [-0.4, -0.2) is 30.4 Å². The quantitative estimate of drug-likeness (QED) is 0.868. The molecule has 1 N–H and O–H groups in total. The number of hydrogen-bond donors (Lipinski definition) is 1. The van der Waals surface area contributed by atoms with Crippen molar-refractivity contribution in [2.45, 2.75) is 20.3 Å². The molecule has 3 nitrogen and oxygen atoms in total. The van der Waals surface area contributed by atoms with Crippen LogP contribution in [0.2, 0.25) is 0 Å². The zero-order valence-corrected chi connectivity index (χ0v) is 10.6. The van der Waals surface area contributed by atoms with Crippen LogP contribution in [0.3, 0.4) is 0 Å². The van der Waals surface area contributed by atoms with Gasteiger partial charge in [-0.3, -0.25) is 4.79 Å². The summed E-state index contributed by atoms with van der Waals surface area (Å²) in [5.74, 6) is 0.803. The van der Waals surface area contributed by atoms with Gasteiger partial charge >= 0.3 is 0 Å². The fraction of sp³-hybridized carbons (Fsp3) is 0.500. The lowest BCUT2D eigenvalue weighted by Gasteiger charge is -2.16. The summed E-state index contributed by atoms with van der Waals surface area (Å²) >= 11 is 0. The Bertz CT molecular complexity index is 386. The van der Waals surface area contributed by atoms with Crippen LogP contribution in [0.15, 0.2) is 24.3 Å². The second-order valence-corrected chi connectivity index (χ2v) is 4.75. The molecule has 1 amide bonds. The van der Waals surface area contributed by atoms with E-state index in [2.05, 4.69) is 19.2 Å². The molecule has 2 rings (SSSR count). The zero-order chi connectivity index (χ0) is 12.3. The van der Waals surface area contributed by atoms with Gasteiger partial charge in [0.05, 0.1) is 0 Å².